The lowest BCUT2D eigenvalue weighted by atomic mass is 9.96. The Balaban J connectivity index is 1.77. The molecule has 2 heterocycles. The molecular weight excluding hydrogens is 282 g/mol. The molecule has 1 aromatic heterocycles. The lowest BCUT2D eigenvalue weighted by Crippen LogP contribution is -2.43. The molecule has 2 atom stereocenters. The Morgan fingerprint density at radius 3 is 2.86 bits per heavy atom. The molecule has 22 heavy (non-hydrogen) atoms. The second-order valence-corrected chi connectivity index (χ2v) is 5.87. The van der Waals surface area contributed by atoms with Crippen LogP contribution in [-0.2, 0) is 9.59 Å². The molecule has 0 aliphatic carbocycles. The van der Waals surface area contributed by atoms with Crippen LogP contribution in [0, 0.1) is 5.92 Å². The van der Waals surface area contributed by atoms with Crippen molar-refractivity contribution in [1.29, 1.82) is 0 Å². The van der Waals surface area contributed by atoms with Crippen LogP contribution in [0.2, 0.25) is 0 Å². The van der Waals surface area contributed by atoms with Gasteiger partial charge in [0.05, 0.1) is 11.8 Å². The minimum atomic E-state index is -0.825. The highest BCUT2D eigenvalue weighted by Crippen LogP contribution is 2.28. The molecule has 0 saturated carbocycles. The first kappa shape index (κ1) is 14.6. The van der Waals surface area contributed by atoms with Crippen molar-refractivity contribution >= 4 is 22.8 Å². The van der Waals surface area contributed by atoms with Crippen LogP contribution < -0.4 is 0 Å². The molecule has 0 bridgehead atoms. The first-order chi connectivity index (χ1) is 10.6. The summed E-state index contributed by atoms with van der Waals surface area (Å²) in [6.07, 6.45) is 1.37. The summed E-state index contributed by atoms with van der Waals surface area (Å²) in [4.78, 5) is 25.4. The van der Waals surface area contributed by atoms with E-state index in [0.717, 1.165) is 17.4 Å². The van der Waals surface area contributed by atoms with E-state index in [1.807, 2.05) is 37.3 Å². The Kier molecular flexibility index (Phi) is 3.88. The second kappa shape index (κ2) is 5.83. The summed E-state index contributed by atoms with van der Waals surface area (Å²) < 4.78 is 5.75. The smallest absolute Gasteiger partial charge is 0.308 e. The van der Waals surface area contributed by atoms with E-state index in [0.29, 0.717) is 25.3 Å². The number of fused-ring (bicyclic) bond motifs is 1. The summed E-state index contributed by atoms with van der Waals surface area (Å²) in [6, 6.07) is 9.52. The highest BCUT2D eigenvalue weighted by atomic mass is 16.4. The van der Waals surface area contributed by atoms with Crippen molar-refractivity contribution in [2.45, 2.75) is 25.7 Å². The zero-order chi connectivity index (χ0) is 15.7. The van der Waals surface area contributed by atoms with Crippen LogP contribution in [0.15, 0.2) is 34.7 Å². The van der Waals surface area contributed by atoms with Crippen LogP contribution in [0.25, 0.3) is 11.0 Å². The average Bonchev–Trinajstić information content (AvgIpc) is 2.97. The van der Waals surface area contributed by atoms with Gasteiger partial charge in [-0.15, -0.1) is 0 Å². The fourth-order valence-electron chi connectivity index (χ4n) is 2.99. The summed E-state index contributed by atoms with van der Waals surface area (Å²) in [5.41, 5.74) is 0.763. The zero-order valence-corrected chi connectivity index (χ0v) is 12.5. The number of hydrogen-bond donors (Lipinski definition) is 1. The molecule has 1 fully saturated rings. The number of nitrogens with zero attached hydrogens (tertiary/aromatic N) is 1. The van der Waals surface area contributed by atoms with Gasteiger partial charge in [-0.25, -0.2) is 0 Å². The molecule has 0 radical (unpaired) electrons. The van der Waals surface area contributed by atoms with E-state index in [4.69, 9.17) is 9.52 Å². The highest BCUT2D eigenvalue weighted by Gasteiger charge is 2.31. The van der Waals surface area contributed by atoms with E-state index in [9.17, 15) is 9.59 Å². The number of carbonyl (C=O) groups is 2. The molecule has 0 spiro atoms. The lowest BCUT2D eigenvalue weighted by molar-refractivity contribution is -0.146. The van der Waals surface area contributed by atoms with Gasteiger partial charge in [-0.3, -0.25) is 9.59 Å². The molecule has 1 aliphatic heterocycles. The fourth-order valence-corrected chi connectivity index (χ4v) is 2.99. The molecule has 2 aromatic rings. The Bertz CT molecular complexity index is 673. The Morgan fingerprint density at radius 1 is 1.36 bits per heavy atom. The van der Waals surface area contributed by atoms with Gasteiger partial charge >= 0.3 is 5.97 Å². The van der Waals surface area contributed by atoms with Crippen molar-refractivity contribution < 1.29 is 19.1 Å². The molecule has 5 nitrogen and oxygen atoms in total. The predicted molar refractivity (Wildman–Crippen MR) is 81.6 cm³/mol. The van der Waals surface area contributed by atoms with Crippen molar-refractivity contribution in [2.75, 3.05) is 13.1 Å². The topological polar surface area (TPSA) is 70.8 Å². The molecule has 1 unspecified atom stereocenters. The van der Waals surface area contributed by atoms with Gasteiger partial charge in [-0.1, -0.05) is 18.2 Å². The molecule has 1 saturated heterocycles. The largest absolute Gasteiger partial charge is 0.481 e. The number of aliphatic carboxylic acids is 1. The zero-order valence-electron chi connectivity index (χ0n) is 12.5. The van der Waals surface area contributed by atoms with Crippen LogP contribution in [0.4, 0.5) is 0 Å². The van der Waals surface area contributed by atoms with Gasteiger partial charge in [-0.05, 0) is 31.9 Å². The van der Waals surface area contributed by atoms with Gasteiger partial charge in [0.2, 0.25) is 5.91 Å². The van der Waals surface area contributed by atoms with Crippen LogP contribution in [0.3, 0.4) is 0 Å². The number of furan rings is 1. The summed E-state index contributed by atoms with van der Waals surface area (Å²) in [7, 11) is 0. The van der Waals surface area contributed by atoms with Crippen LogP contribution in [0.5, 0.6) is 0 Å². The third kappa shape index (κ3) is 2.71. The van der Waals surface area contributed by atoms with Crippen molar-refractivity contribution in [1.82, 2.24) is 4.90 Å². The monoisotopic (exact) mass is 301 g/mol. The summed E-state index contributed by atoms with van der Waals surface area (Å²) in [6.45, 7) is 2.72. The van der Waals surface area contributed by atoms with Crippen LogP contribution in [-0.4, -0.2) is 35.0 Å². The average molecular weight is 301 g/mol. The second-order valence-electron chi connectivity index (χ2n) is 5.87. The van der Waals surface area contributed by atoms with Gasteiger partial charge in [0.1, 0.15) is 11.3 Å². The molecule has 5 heteroatoms. The number of benzene rings is 1. The van der Waals surface area contributed by atoms with E-state index in [1.165, 1.54) is 0 Å². The van der Waals surface area contributed by atoms with Crippen molar-refractivity contribution in [3.63, 3.8) is 0 Å². The quantitative estimate of drug-likeness (QED) is 0.946. The Hall–Kier alpha value is -2.30. The Labute approximate surface area is 128 Å². The molecule has 1 amide bonds. The van der Waals surface area contributed by atoms with Crippen LogP contribution >= 0.6 is 0 Å². The predicted octanol–water partition coefficient (Wildman–Crippen LogP) is 2.86. The third-order valence-corrected chi connectivity index (χ3v) is 4.32. The molecular formula is C17H19NO4. The molecule has 3 rings (SSSR count). The summed E-state index contributed by atoms with van der Waals surface area (Å²) in [5.74, 6) is -1.12. The van der Waals surface area contributed by atoms with Crippen LogP contribution in [0.1, 0.15) is 31.4 Å². The van der Waals surface area contributed by atoms with E-state index in [1.54, 1.807) is 4.90 Å². The van der Waals surface area contributed by atoms with Gasteiger partial charge in [0, 0.05) is 18.5 Å². The number of carboxylic acids is 1. The first-order valence-electron chi connectivity index (χ1n) is 7.56. The summed E-state index contributed by atoms with van der Waals surface area (Å²) in [5, 5.41) is 10.1. The minimum absolute atomic E-state index is 0.0648. The maximum absolute atomic E-state index is 12.6. The van der Waals surface area contributed by atoms with E-state index >= 15 is 0 Å². The molecule has 1 aromatic carbocycles. The van der Waals surface area contributed by atoms with Gasteiger partial charge in [0.15, 0.2) is 0 Å². The van der Waals surface area contributed by atoms with Crippen molar-refractivity contribution in [2.24, 2.45) is 5.92 Å². The van der Waals surface area contributed by atoms with E-state index in [2.05, 4.69) is 0 Å². The number of rotatable bonds is 3. The fraction of sp³-hybridized carbons (Fsp3) is 0.412. The van der Waals surface area contributed by atoms with Crippen molar-refractivity contribution in [3.05, 3.63) is 36.1 Å². The molecule has 116 valence electrons. The number of likely N-dealkylation sites (tertiary alicyclic amines) is 1. The van der Waals surface area contributed by atoms with E-state index < -0.39 is 17.8 Å². The van der Waals surface area contributed by atoms with Gasteiger partial charge < -0.3 is 14.4 Å². The van der Waals surface area contributed by atoms with Gasteiger partial charge in [-0.2, -0.15) is 0 Å². The van der Waals surface area contributed by atoms with Gasteiger partial charge in [0.25, 0.3) is 0 Å². The number of piperidine rings is 1. The van der Waals surface area contributed by atoms with Crippen molar-refractivity contribution in [3.8, 4) is 0 Å². The third-order valence-electron chi connectivity index (χ3n) is 4.32. The standard InChI is InChI=1S/C17H19NO4/c1-11(15-9-12-5-2-3-7-14(12)22-15)16(19)18-8-4-6-13(10-18)17(20)21/h2-3,5,7,9,11,13H,4,6,8,10H2,1H3,(H,20,21)/t11?,13-/m0/s1. The maximum atomic E-state index is 12.6. The number of hydrogen-bond acceptors (Lipinski definition) is 3. The van der Waals surface area contributed by atoms with E-state index in [-0.39, 0.29) is 5.91 Å². The molecule has 1 N–H and O–H groups in total. The number of amides is 1. The summed E-state index contributed by atoms with van der Waals surface area (Å²) >= 11 is 0. The highest BCUT2D eigenvalue weighted by molar-refractivity contribution is 5.86. The maximum Gasteiger partial charge on any atom is 0.308 e. The normalized spacial score (nSPS) is 20.0. The Morgan fingerprint density at radius 2 is 2.14 bits per heavy atom. The minimum Gasteiger partial charge on any atom is -0.481 e. The molecule has 1 aliphatic rings. The lowest BCUT2D eigenvalue weighted by Gasteiger charge is -2.32. The number of para-hydroxylation sites is 1. The first-order valence-corrected chi connectivity index (χ1v) is 7.56. The number of carboxylic acid groups (broad SMARTS) is 1. The SMILES string of the molecule is CC(C(=O)N1CCC[C@H](C(=O)O)C1)c1cc2ccccc2o1. The number of carbonyl (C=O) groups excluding carboxylic acids is 1.